The minimum atomic E-state index is -0.210. The molecule has 1 aliphatic rings. The molecule has 0 aliphatic heterocycles. The van der Waals surface area contributed by atoms with Gasteiger partial charge < -0.3 is 10.8 Å². The molecule has 0 spiro atoms. The number of hydrogen-bond acceptors (Lipinski definition) is 2. The summed E-state index contributed by atoms with van der Waals surface area (Å²) in [7, 11) is 0. The second-order valence-electron chi connectivity index (χ2n) is 4.63. The Kier molecular flexibility index (Phi) is 4.46. The number of hydrogen-bond donors (Lipinski definition) is 2. The quantitative estimate of drug-likeness (QED) is 0.680. The lowest BCUT2D eigenvalue weighted by Gasteiger charge is -2.29. The summed E-state index contributed by atoms with van der Waals surface area (Å²) in [5.74, 6) is 1.78. The highest BCUT2D eigenvalue weighted by molar-refractivity contribution is 4.93. The van der Waals surface area contributed by atoms with Gasteiger partial charge in [-0.05, 0) is 18.3 Å². The SMILES string of the molecule is C=C(O)[C@H](N)CC1CCC(CC)CC1. The van der Waals surface area contributed by atoms with E-state index in [4.69, 9.17) is 10.8 Å². The molecule has 2 heteroatoms. The van der Waals surface area contributed by atoms with E-state index in [-0.39, 0.29) is 11.8 Å². The fourth-order valence-corrected chi connectivity index (χ4v) is 2.37. The van der Waals surface area contributed by atoms with Crippen LogP contribution in [0.3, 0.4) is 0 Å². The molecule has 0 amide bonds. The van der Waals surface area contributed by atoms with Gasteiger partial charge in [-0.25, -0.2) is 0 Å². The minimum absolute atomic E-state index is 0.141. The van der Waals surface area contributed by atoms with Crippen molar-refractivity contribution in [2.75, 3.05) is 0 Å². The van der Waals surface area contributed by atoms with Gasteiger partial charge in [0.15, 0.2) is 0 Å². The molecule has 3 N–H and O–H groups in total. The van der Waals surface area contributed by atoms with E-state index in [9.17, 15) is 0 Å². The van der Waals surface area contributed by atoms with E-state index in [2.05, 4.69) is 13.5 Å². The number of aliphatic hydroxyl groups excluding tert-OH is 1. The van der Waals surface area contributed by atoms with Crippen LogP contribution in [0.1, 0.15) is 45.4 Å². The van der Waals surface area contributed by atoms with E-state index in [1.807, 2.05) is 0 Å². The highest BCUT2D eigenvalue weighted by Gasteiger charge is 2.22. The molecular formula is C12H23NO. The van der Waals surface area contributed by atoms with Crippen molar-refractivity contribution in [1.29, 1.82) is 0 Å². The van der Waals surface area contributed by atoms with Gasteiger partial charge in [-0.15, -0.1) is 0 Å². The second kappa shape index (κ2) is 5.40. The van der Waals surface area contributed by atoms with Crippen molar-refractivity contribution in [3.05, 3.63) is 12.3 Å². The molecule has 0 unspecified atom stereocenters. The van der Waals surface area contributed by atoms with Gasteiger partial charge in [0.2, 0.25) is 0 Å². The van der Waals surface area contributed by atoms with Gasteiger partial charge in [0.1, 0.15) is 5.76 Å². The molecule has 82 valence electrons. The second-order valence-corrected chi connectivity index (χ2v) is 4.63. The Hall–Kier alpha value is -0.500. The minimum Gasteiger partial charge on any atom is -0.511 e. The van der Waals surface area contributed by atoms with Crippen LogP contribution >= 0.6 is 0 Å². The maximum absolute atomic E-state index is 9.13. The van der Waals surface area contributed by atoms with E-state index < -0.39 is 0 Å². The summed E-state index contributed by atoms with van der Waals surface area (Å²) in [6.45, 7) is 5.75. The maximum Gasteiger partial charge on any atom is 0.102 e. The van der Waals surface area contributed by atoms with Crippen molar-refractivity contribution in [3.8, 4) is 0 Å². The largest absolute Gasteiger partial charge is 0.511 e. The lowest BCUT2D eigenvalue weighted by atomic mass is 9.78. The first-order valence-corrected chi connectivity index (χ1v) is 5.76. The molecule has 1 rings (SSSR count). The Morgan fingerprint density at radius 1 is 1.36 bits per heavy atom. The Balaban J connectivity index is 2.25. The van der Waals surface area contributed by atoms with Gasteiger partial charge in [0.05, 0.1) is 6.04 Å². The molecule has 0 bridgehead atoms. The van der Waals surface area contributed by atoms with Gasteiger partial charge in [0, 0.05) is 0 Å². The molecule has 1 saturated carbocycles. The first-order chi connectivity index (χ1) is 6.63. The Bertz CT molecular complexity index is 183. The molecule has 1 fully saturated rings. The zero-order valence-corrected chi connectivity index (χ0v) is 9.21. The van der Waals surface area contributed by atoms with E-state index in [0.717, 1.165) is 12.3 Å². The molecule has 0 aromatic rings. The molecule has 1 atom stereocenters. The van der Waals surface area contributed by atoms with Crippen LogP contribution in [-0.4, -0.2) is 11.1 Å². The third kappa shape index (κ3) is 3.33. The summed E-state index contributed by atoms with van der Waals surface area (Å²) in [5.41, 5.74) is 5.76. The lowest BCUT2D eigenvalue weighted by Crippen LogP contribution is -2.27. The predicted molar refractivity (Wildman–Crippen MR) is 60.1 cm³/mol. The van der Waals surface area contributed by atoms with Crippen LogP contribution in [0.5, 0.6) is 0 Å². The third-order valence-corrected chi connectivity index (χ3v) is 3.56. The van der Waals surface area contributed by atoms with Crippen LogP contribution in [0.25, 0.3) is 0 Å². The van der Waals surface area contributed by atoms with Gasteiger partial charge in [0.25, 0.3) is 0 Å². The molecule has 0 aromatic carbocycles. The van der Waals surface area contributed by atoms with E-state index in [1.165, 1.54) is 32.1 Å². The van der Waals surface area contributed by atoms with Crippen LogP contribution in [0.2, 0.25) is 0 Å². The Morgan fingerprint density at radius 2 is 1.86 bits per heavy atom. The van der Waals surface area contributed by atoms with Crippen molar-refractivity contribution in [2.45, 2.75) is 51.5 Å². The summed E-state index contributed by atoms with van der Waals surface area (Å²) in [4.78, 5) is 0. The highest BCUT2D eigenvalue weighted by Crippen LogP contribution is 2.33. The number of aliphatic hydroxyl groups is 1. The van der Waals surface area contributed by atoms with Gasteiger partial charge in [-0.1, -0.05) is 45.6 Å². The number of nitrogens with two attached hydrogens (primary N) is 1. The smallest absolute Gasteiger partial charge is 0.102 e. The predicted octanol–water partition coefficient (Wildman–Crippen LogP) is 2.99. The lowest BCUT2D eigenvalue weighted by molar-refractivity contribution is 0.239. The molecule has 0 radical (unpaired) electrons. The monoisotopic (exact) mass is 197 g/mol. The summed E-state index contributed by atoms with van der Waals surface area (Å²) in [6, 6.07) is -0.210. The molecule has 14 heavy (non-hydrogen) atoms. The van der Waals surface area contributed by atoms with Crippen LogP contribution in [0.15, 0.2) is 12.3 Å². The van der Waals surface area contributed by atoms with Crippen molar-refractivity contribution in [1.82, 2.24) is 0 Å². The van der Waals surface area contributed by atoms with E-state index in [1.54, 1.807) is 0 Å². The maximum atomic E-state index is 9.13. The summed E-state index contributed by atoms with van der Waals surface area (Å²) in [6.07, 6.45) is 7.45. The average molecular weight is 197 g/mol. The zero-order chi connectivity index (χ0) is 10.6. The van der Waals surface area contributed by atoms with Gasteiger partial charge >= 0.3 is 0 Å². The van der Waals surface area contributed by atoms with Crippen molar-refractivity contribution in [3.63, 3.8) is 0 Å². The van der Waals surface area contributed by atoms with Crippen molar-refractivity contribution < 1.29 is 5.11 Å². The molecule has 0 saturated heterocycles. The Morgan fingerprint density at radius 3 is 2.29 bits per heavy atom. The van der Waals surface area contributed by atoms with Gasteiger partial charge in [-0.2, -0.15) is 0 Å². The normalized spacial score (nSPS) is 29.9. The first-order valence-electron chi connectivity index (χ1n) is 5.76. The zero-order valence-electron chi connectivity index (χ0n) is 9.21. The standard InChI is InChI=1S/C12H23NO/c1-3-10-4-6-11(7-5-10)8-12(13)9(2)14/h10-12,14H,2-8,13H2,1H3/t10?,11?,12-/m1/s1. The summed E-state index contributed by atoms with van der Waals surface area (Å²) in [5, 5.41) is 9.13. The Labute approximate surface area is 87.2 Å². The van der Waals surface area contributed by atoms with Crippen molar-refractivity contribution in [2.24, 2.45) is 17.6 Å². The molecule has 2 nitrogen and oxygen atoms in total. The topological polar surface area (TPSA) is 46.2 Å². The average Bonchev–Trinajstić information content (AvgIpc) is 2.19. The molecular weight excluding hydrogens is 174 g/mol. The van der Waals surface area contributed by atoms with Crippen LogP contribution in [0, 0.1) is 11.8 Å². The van der Waals surface area contributed by atoms with Crippen LogP contribution < -0.4 is 5.73 Å². The van der Waals surface area contributed by atoms with E-state index >= 15 is 0 Å². The van der Waals surface area contributed by atoms with Crippen LogP contribution in [-0.2, 0) is 0 Å². The van der Waals surface area contributed by atoms with Crippen LogP contribution in [0.4, 0.5) is 0 Å². The molecule has 0 aromatic heterocycles. The summed E-state index contributed by atoms with van der Waals surface area (Å²) >= 11 is 0. The fourth-order valence-electron chi connectivity index (χ4n) is 2.37. The first kappa shape index (κ1) is 11.6. The third-order valence-electron chi connectivity index (χ3n) is 3.56. The molecule has 1 aliphatic carbocycles. The van der Waals surface area contributed by atoms with Gasteiger partial charge in [-0.3, -0.25) is 0 Å². The molecule has 0 heterocycles. The fraction of sp³-hybridized carbons (Fsp3) is 0.833. The summed E-state index contributed by atoms with van der Waals surface area (Å²) < 4.78 is 0. The highest BCUT2D eigenvalue weighted by atomic mass is 16.3. The van der Waals surface area contributed by atoms with Crippen molar-refractivity contribution >= 4 is 0 Å². The number of rotatable bonds is 4. The van der Waals surface area contributed by atoms with E-state index in [0.29, 0.717) is 5.92 Å².